The summed E-state index contributed by atoms with van der Waals surface area (Å²) in [6, 6.07) is 0. The number of nitrogens with zero attached hydrogens (tertiary/aromatic N) is 4. The summed E-state index contributed by atoms with van der Waals surface area (Å²) in [5.41, 5.74) is 0. The number of hydrogen-bond acceptors (Lipinski definition) is 4. The fourth-order valence-electron chi connectivity index (χ4n) is 1.92. The van der Waals surface area contributed by atoms with Crippen molar-refractivity contribution in [2.24, 2.45) is 0 Å². The Hall–Kier alpha value is -1.43. The van der Waals surface area contributed by atoms with Crippen LogP contribution in [0.4, 0.5) is 0 Å². The number of amides is 1. The van der Waals surface area contributed by atoms with Gasteiger partial charge in [0.2, 0.25) is 5.91 Å². The molecular weight excluding hydrogens is 208 g/mol. The second kappa shape index (κ2) is 5.07. The van der Waals surface area contributed by atoms with Crippen LogP contribution in [0.3, 0.4) is 0 Å². The average molecular weight is 224 g/mol. The Kier molecular flexibility index (Phi) is 3.51. The molecule has 1 aromatic rings. The molecule has 0 radical (unpaired) electrons. The van der Waals surface area contributed by atoms with Crippen LogP contribution in [-0.4, -0.2) is 43.8 Å². The number of carbonyl (C=O) groups is 1. The van der Waals surface area contributed by atoms with Crippen LogP contribution in [0.1, 0.15) is 25.1 Å². The Labute approximate surface area is 93.9 Å². The predicted octanol–water partition coefficient (Wildman–Crippen LogP) is -0.217. The fraction of sp³-hybridized carbons (Fsp3) is 0.700. The predicted molar refractivity (Wildman–Crippen MR) is 56.4 cm³/mol. The number of piperidine rings is 1. The molecule has 1 aliphatic rings. The molecule has 0 atom stereocenters. The van der Waals surface area contributed by atoms with Gasteiger partial charge in [0.1, 0.15) is 19.5 Å². The minimum Gasteiger partial charge on any atom is -0.388 e. The van der Waals surface area contributed by atoms with Crippen molar-refractivity contribution in [2.75, 3.05) is 13.1 Å². The van der Waals surface area contributed by atoms with Gasteiger partial charge < -0.3 is 14.6 Å². The fourth-order valence-corrected chi connectivity index (χ4v) is 1.92. The van der Waals surface area contributed by atoms with Crippen LogP contribution in [0.5, 0.6) is 0 Å². The Morgan fingerprint density at radius 2 is 2.12 bits per heavy atom. The summed E-state index contributed by atoms with van der Waals surface area (Å²) >= 11 is 0. The molecule has 0 unspecified atom stereocenters. The summed E-state index contributed by atoms with van der Waals surface area (Å²) in [6.45, 7) is 1.72. The summed E-state index contributed by atoms with van der Waals surface area (Å²) < 4.78 is 1.59. The lowest BCUT2D eigenvalue weighted by Gasteiger charge is -2.26. The SMILES string of the molecule is O=C(Cn1cnnc1CO)N1CCCCC1. The molecule has 2 rings (SSSR count). The third-order valence-electron chi connectivity index (χ3n) is 2.85. The largest absolute Gasteiger partial charge is 0.388 e. The highest BCUT2D eigenvalue weighted by Gasteiger charge is 2.17. The summed E-state index contributed by atoms with van der Waals surface area (Å²) in [5, 5.41) is 16.4. The van der Waals surface area contributed by atoms with Crippen LogP contribution in [0.25, 0.3) is 0 Å². The van der Waals surface area contributed by atoms with Crippen molar-refractivity contribution in [3.05, 3.63) is 12.2 Å². The third-order valence-corrected chi connectivity index (χ3v) is 2.85. The highest BCUT2D eigenvalue weighted by molar-refractivity contribution is 5.76. The van der Waals surface area contributed by atoms with Crippen LogP contribution >= 0.6 is 0 Å². The number of hydrogen-bond donors (Lipinski definition) is 1. The first kappa shape index (κ1) is 11.1. The Balaban J connectivity index is 1.95. The molecule has 0 bridgehead atoms. The zero-order chi connectivity index (χ0) is 11.4. The standard InChI is InChI=1S/C10H16N4O2/c15-7-9-12-11-8-14(9)6-10(16)13-4-2-1-3-5-13/h8,15H,1-7H2. The Morgan fingerprint density at radius 1 is 1.38 bits per heavy atom. The van der Waals surface area contributed by atoms with Crippen molar-refractivity contribution in [2.45, 2.75) is 32.4 Å². The first-order chi connectivity index (χ1) is 7.81. The second-order valence-electron chi connectivity index (χ2n) is 3.97. The Morgan fingerprint density at radius 3 is 2.81 bits per heavy atom. The van der Waals surface area contributed by atoms with Crippen LogP contribution in [0, 0.1) is 0 Å². The molecule has 16 heavy (non-hydrogen) atoms. The molecule has 0 spiro atoms. The number of aromatic nitrogens is 3. The normalized spacial score (nSPS) is 16.4. The quantitative estimate of drug-likeness (QED) is 0.770. The number of carbonyl (C=O) groups excluding carboxylic acids is 1. The molecule has 1 aromatic heterocycles. The van der Waals surface area contributed by atoms with E-state index in [0.29, 0.717) is 5.82 Å². The van der Waals surface area contributed by atoms with E-state index in [4.69, 9.17) is 5.11 Å². The van der Waals surface area contributed by atoms with Gasteiger partial charge in [-0.2, -0.15) is 0 Å². The summed E-state index contributed by atoms with van der Waals surface area (Å²) in [7, 11) is 0. The van der Waals surface area contributed by atoms with E-state index in [1.54, 1.807) is 4.57 Å². The summed E-state index contributed by atoms with van der Waals surface area (Å²) in [5.74, 6) is 0.513. The highest BCUT2D eigenvalue weighted by atomic mass is 16.3. The molecule has 1 fully saturated rings. The molecule has 1 amide bonds. The van der Waals surface area contributed by atoms with Gasteiger partial charge in [0.05, 0.1) is 0 Å². The van der Waals surface area contributed by atoms with E-state index in [0.717, 1.165) is 25.9 Å². The molecule has 1 aliphatic heterocycles. The van der Waals surface area contributed by atoms with Gasteiger partial charge in [-0.15, -0.1) is 10.2 Å². The van der Waals surface area contributed by atoms with E-state index >= 15 is 0 Å². The molecule has 0 aromatic carbocycles. The monoisotopic (exact) mass is 224 g/mol. The summed E-state index contributed by atoms with van der Waals surface area (Å²) in [6.07, 6.45) is 4.85. The zero-order valence-electron chi connectivity index (χ0n) is 9.17. The maximum Gasteiger partial charge on any atom is 0.242 e. The molecule has 1 saturated heterocycles. The Bertz CT molecular complexity index is 357. The molecule has 6 nitrogen and oxygen atoms in total. The van der Waals surface area contributed by atoms with Gasteiger partial charge in [-0.25, -0.2) is 0 Å². The lowest BCUT2D eigenvalue weighted by molar-refractivity contribution is -0.132. The van der Waals surface area contributed by atoms with Crippen LogP contribution in [0.15, 0.2) is 6.33 Å². The molecular formula is C10H16N4O2. The van der Waals surface area contributed by atoms with Gasteiger partial charge in [0.15, 0.2) is 5.82 Å². The van der Waals surface area contributed by atoms with Crippen LogP contribution in [0.2, 0.25) is 0 Å². The highest BCUT2D eigenvalue weighted by Crippen LogP contribution is 2.09. The minimum atomic E-state index is -0.187. The number of aliphatic hydroxyl groups excluding tert-OH is 1. The van der Waals surface area contributed by atoms with Crippen molar-refractivity contribution in [1.82, 2.24) is 19.7 Å². The number of likely N-dealkylation sites (tertiary alicyclic amines) is 1. The van der Waals surface area contributed by atoms with Crippen molar-refractivity contribution >= 4 is 5.91 Å². The number of rotatable bonds is 3. The molecule has 2 heterocycles. The van der Waals surface area contributed by atoms with Crippen LogP contribution in [-0.2, 0) is 17.9 Å². The molecule has 0 saturated carbocycles. The van der Waals surface area contributed by atoms with E-state index in [1.165, 1.54) is 12.7 Å². The lowest BCUT2D eigenvalue weighted by Crippen LogP contribution is -2.37. The van der Waals surface area contributed by atoms with E-state index in [1.807, 2.05) is 4.90 Å². The number of aliphatic hydroxyl groups is 1. The van der Waals surface area contributed by atoms with Gasteiger partial charge in [-0.3, -0.25) is 4.79 Å². The first-order valence-corrected chi connectivity index (χ1v) is 5.56. The molecule has 1 N–H and O–H groups in total. The van der Waals surface area contributed by atoms with E-state index in [2.05, 4.69) is 10.2 Å². The van der Waals surface area contributed by atoms with Gasteiger partial charge >= 0.3 is 0 Å². The van der Waals surface area contributed by atoms with Gasteiger partial charge in [0.25, 0.3) is 0 Å². The maximum atomic E-state index is 11.9. The van der Waals surface area contributed by atoms with Crippen molar-refractivity contribution in [1.29, 1.82) is 0 Å². The second-order valence-corrected chi connectivity index (χ2v) is 3.97. The van der Waals surface area contributed by atoms with E-state index < -0.39 is 0 Å². The average Bonchev–Trinajstić information content (AvgIpc) is 2.77. The maximum absolute atomic E-state index is 11.9. The topological polar surface area (TPSA) is 71.2 Å². The van der Waals surface area contributed by atoms with Crippen molar-refractivity contribution < 1.29 is 9.90 Å². The zero-order valence-corrected chi connectivity index (χ0v) is 9.17. The van der Waals surface area contributed by atoms with Crippen molar-refractivity contribution in [3.8, 4) is 0 Å². The molecule has 88 valence electrons. The lowest BCUT2D eigenvalue weighted by atomic mass is 10.1. The third kappa shape index (κ3) is 2.38. The van der Waals surface area contributed by atoms with E-state index in [-0.39, 0.29) is 19.1 Å². The van der Waals surface area contributed by atoms with Crippen molar-refractivity contribution in [3.63, 3.8) is 0 Å². The molecule has 0 aliphatic carbocycles. The first-order valence-electron chi connectivity index (χ1n) is 5.56. The summed E-state index contributed by atoms with van der Waals surface area (Å²) in [4.78, 5) is 13.8. The molecule has 6 heteroatoms. The van der Waals surface area contributed by atoms with Gasteiger partial charge in [-0.05, 0) is 19.3 Å². The minimum absolute atomic E-state index is 0.0780. The van der Waals surface area contributed by atoms with Gasteiger partial charge in [-0.1, -0.05) is 0 Å². The van der Waals surface area contributed by atoms with Crippen LogP contribution < -0.4 is 0 Å². The van der Waals surface area contributed by atoms with E-state index in [9.17, 15) is 4.79 Å². The smallest absolute Gasteiger partial charge is 0.242 e. The van der Waals surface area contributed by atoms with Gasteiger partial charge in [0, 0.05) is 13.1 Å².